The molecule has 2 N–H and O–H groups in total. The molecule has 1 fully saturated rings. The number of benzene rings is 2. The van der Waals surface area contributed by atoms with Gasteiger partial charge in [-0.05, 0) is 42.3 Å². The molecule has 3 heterocycles. The van der Waals surface area contributed by atoms with Gasteiger partial charge in [-0.3, -0.25) is 0 Å². The lowest BCUT2D eigenvalue weighted by atomic mass is 9.88. The Labute approximate surface area is 135 Å². The van der Waals surface area contributed by atoms with Gasteiger partial charge in [0.25, 0.3) is 0 Å². The van der Waals surface area contributed by atoms with E-state index in [0.717, 1.165) is 43.1 Å². The summed E-state index contributed by atoms with van der Waals surface area (Å²) in [5.74, 6) is 1.81. The maximum Gasteiger partial charge on any atom is 0.143 e. The van der Waals surface area contributed by atoms with Crippen LogP contribution in [0.5, 0.6) is 11.5 Å². The number of rotatable bonds is 1. The van der Waals surface area contributed by atoms with E-state index >= 15 is 0 Å². The number of phenolic OH excluding ortho intramolecular Hbond substituents is 1. The molecule has 0 aromatic heterocycles. The van der Waals surface area contributed by atoms with E-state index in [9.17, 15) is 5.11 Å². The van der Waals surface area contributed by atoms with Crippen molar-refractivity contribution in [3.63, 3.8) is 0 Å². The molecule has 4 nitrogen and oxygen atoms in total. The Morgan fingerprint density at radius 3 is 3.04 bits per heavy atom. The molecule has 2 aromatic carbocycles. The summed E-state index contributed by atoms with van der Waals surface area (Å²) in [7, 11) is 0. The zero-order valence-corrected chi connectivity index (χ0v) is 13.0. The molecule has 5 rings (SSSR count). The van der Waals surface area contributed by atoms with Gasteiger partial charge < -0.3 is 20.1 Å². The third-order valence-electron chi connectivity index (χ3n) is 5.44. The summed E-state index contributed by atoms with van der Waals surface area (Å²) in [6.45, 7) is 3.84. The molecule has 4 heteroatoms. The van der Waals surface area contributed by atoms with Gasteiger partial charge in [-0.2, -0.15) is 0 Å². The van der Waals surface area contributed by atoms with Gasteiger partial charge in [-0.15, -0.1) is 0 Å². The predicted octanol–water partition coefficient (Wildman–Crippen LogP) is 2.72. The van der Waals surface area contributed by atoms with Crippen molar-refractivity contribution in [3.05, 3.63) is 42.0 Å². The topological polar surface area (TPSA) is 44.7 Å². The number of piperidine rings is 1. The third-order valence-corrected chi connectivity index (χ3v) is 5.44. The van der Waals surface area contributed by atoms with Gasteiger partial charge >= 0.3 is 0 Å². The molecule has 118 valence electrons. The van der Waals surface area contributed by atoms with Gasteiger partial charge in [0, 0.05) is 24.1 Å². The second-order valence-corrected chi connectivity index (χ2v) is 6.64. The molecule has 0 unspecified atom stereocenters. The van der Waals surface area contributed by atoms with Crippen molar-refractivity contribution in [3.8, 4) is 22.6 Å². The third kappa shape index (κ3) is 1.88. The minimum Gasteiger partial charge on any atom is -0.507 e. The molecular formula is C19H20N2O2. The lowest BCUT2D eigenvalue weighted by Gasteiger charge is -2.36. The average Bonchev–Trinajstić information content (AvgIpc) is 2.92. The largest absolute Gasteiger partial charge is 0.507 e. The van der Waals surface area contributed by atoms with E-state index in [1.807, 2.05) is 18.2 Å². The monoisotopic (exact) mass is 308 g/mol. The molecule has 2 atom stereocenters. The fraction of sp³-hybridized carbons (Fsp3) is 0.368. The van der Waals surface area contributed by atoms with E-state index in [1.54, 1.807) is 6.07 Å². The number of ether oxygens (including phenoxy) is 1. The molecule has 0 amide bonds. The molecule has 1 saturated heterocycles. The highest BCUT2D eigenvalue weighted by Crippen LogP contribution is 2.51. The highest BCUT2D eigenvalue weighted by atomic mass is 16.5. The molecule has 0 spiro atoms. The Bertz CT molecular complexity index is 774. The lowest BCUT2D eigenvalue weighted by Crippen LogP contribution is -2.46. The molecule has 3 aliphatic heterocycles. The summed E-state index contributed by atoms with van der Waals surface area (Å²) in [4.78, 5) is 2.55. The number of aromatic hydroxyl groups is 1. The van der Waals surface area contributed by atoms with Crippen LogP contribution < -0.4 is 15.0 Å². The van der Waals surface area contributed by atoms with E-state index in [1.165, 1.54) is 17.7 Å². The Hall–Kier alpha value is -2.20. The Morgan fingerprint density at radius 2 is 2.13 bits per heavy atom. The van der Waals surface area contributed by atoms with Gasteiger partial charge in [0.1, 0.15) is 18.1 Å². The van der Waals surface area contributed by atoms with Crippen molar-refractivity contribution in [1.82, 2.24) is 5.32 Å². The van der Waals surface area contributed by atoms with Crippen molar-refractivity contribution < 1.29 is 9.84 Å². The van der Waals surface area contributed by atoms with Crippen molar-refractivity contribution in [2.75, 3.05) is 31.1 Å². The summed E-state index contributed by atoms with van der Waals surface area (Å²) < 4.78 is 5.98. The number of nitrogens with one attached hydrogen (secondary N) is 1. The molecule has 0 aliphatic carbocycles. The van der Waals surface area contributed by atoms with Crippen molar-refractivity contribution in [2.45, 2.75) is 18.4 Å². The SMILES string of the molecule is Oc1ccccc1-c1cc2c3c(c1)[C@@H]1CNCC[C@@H]1N3CCO2. The average molecular weight is 308 g/mol. The van der Waals surface area contributed by atoms with Crippen molar-refractivity contribution in [2.24, 2.45) is 0 Å². The normalized spacial score (nSPS) is 24.8. The lowest BCUT2D eigenvalue weighted by molar-refractivity contribution is 0.295. The van der Waals surface area contributed by atoms with Crippen LogP contribution in [0.4, 0.5) is 5.69 Å². The van der Waals surface area contributed by atoms with Crippen LogP contribution in [0, 0.1) is 0 Å². The van der Waals surface area contributed by atoms with Crippen LogP contribution >= 0.6 is 0 Å². The smallest absolute Gasteiger partial charge is 0.143 e. The summed E-state index contributed by atoms with van der Waals surface area (Å²) in [6, 6.07) is 12.5. The molecule has 23 heavy (non-hydrogen) atoms. The fourth-order valence-electron chi connectivity index (χ4n) is 4.44. The number of hydrogen-bond acceptors (Lipinski definition) is 4. The maximum absolute atomic E-state index is 10.2. The van der Waals surface area contributed by atoms with E-state index in [-0.39, 0.29) is 0 Å². The molecule has 2 aromatic rings. The minimum absolute atomic E-state index is 0.323. The van der Waals surface area contributed by atoms with Gasteiger partial charge in [0.05, 0.1) is 12.2 Å². The number of anilines is 1. The maximum atomic E-state index is 10.2. The zero-order valence-electron chi connectivity index (χ0n) is 13.0. The zero-order chi connectivity index (χ0) is 15.4. The first-order valence-corrected chi connectivity index (χ1v) is 8.39. The molecule has 0 bridgehead atoms. The summed E-state index contributed by atoms with van der Waals surface area (Å²) in [6.07, 6.45) is 1.19. The van der Waals surface area contributed by atoms with Crippen LogP contribution in [0.3, 0.4) is 0 Å². The number of para-hydroxylation sites is 1. The van der Waals surface area contributed by atoms with E-state index in [4.69, 9.17) is 4.74 Å². The van der Waals surface area contributed by atoms with Gasteiger partial charge in [-0.1, -0.05) is 18.2 Å². The van der Waals surface area contributed by atoms with E-state index < -0.39 is 0 Å². The van der Waals surface area contributed by atoms with Crippen LogP contribution in [-0.4, -0.2) is 37.4 Å². The second-order valence-electron chi connectivity index (χ2n) is 6.64. The second kappa shape index (κ2) is 4.90. The van der Waals surface area contributed by atoms with Crippen LogP contribution in [0.2, 0.25) is 0 Å². The van der Waals surface area contributed by atoms with Crippen molar-refractivity contribution >= 4 is 5.69 Å². The first-order chi connectivity index (χ1) is 11.3. The summed E-state index contributed by atoms with van der Waals surface area (Å²) >= 11 is 0. The number of nitrogens with zero attached hydrogens (tertiary/aromatic N) is 1. The summed E-state index contributed by atoms with van der Waals surface area (Å²) in [5, 5.41) is 13.7. The Balaban J connectivity index is 1.70. The molecule has 0 radical (unpaired) electrons. The minimum atomic E-state index is 0.323. The number of hydrogen-bond donors (Lipinski definition) is 2. The molecular weight excluding hydrogens is 288 g/mol. The first-order valence-electron chi connectivity index (χ1n) is 8.39. The van der Waals surface area contributed by atoms with Gasteiger partial charge in [-0.25, -0.2) is 0 Å². The molecule has 3 aliphatic rings. The van der Waals surface area contributed by atoms with Gasteiger partial charge in [0.2, 0.25) is 0 Å². The number of phenols is 1. The van der Waals surface area contributed by atoms with Gasteiger partial charge in [0.15, 0.2) is 0 Å². The first kappa shape index (κ1) is 13.3. The number of fused-ring (bicyclic) bond motifs is 3. The fourth-order valence-corrected chi connectivity index (χ4v) is 4.44. The van der Waals surface area contributed by atoms with Crippen molar-refractivity contribution in [1.29, 1.82) is 0 Å². The van der Waals surface area contributed by atoms with Crippen LogP contribution in [0.1, 0.15) is 17.9 Å². The summed E-state index contributed by atoms with van der Waals surface area (Å²) in [5.41, 5.74) is 4.58. The molecule has 0 saturated carbocycles. The highest BCUT2D eigenvalue weighted by Gasteiger charge is 2.43. The quantitative estimate of drug-likeness (QED) is 0.850. The predicted molar refractivity (Wildman–Crippen MR) is 90.4 cm³/mol. The standard InChI is InChI=1S/C19H20N2O2/c22-17-4-2-1-3-13(17)12-9-14-15-11-20-6-5-16(15)21-7-8-23-18(10-12)19(14)21/h1-4,9-10,15-16,20,22H,5-8,11H2/t15-,16-/m0/s1. The Kier molecular flexibility index (Phi) is 2.82. The van der Waals surface area contributed by atoms with Crippen LogP contribution in [-0.2, 0) is 0 Å². The van der Waals surface area contributed by atoms with E-state index in [2.05, 4.69) is 22.3 Å². The van der Waals surface area contributed by atoms with Crippen LogP contribution in [0.15, 0.2) is 36.4 Å². The van der Waals surface area contributed by atoms with Crippen LogP contribution in [0.25, 0.3) is 11.1 Å². The van der Waals surface area contributed by atoms with E-state index in [0.29, 0.717) is 17.7 Å². The highest BCUT2D eigenvalue weighted by molar-refractivity contribution is 5.80. The Morgan fingerprint density at radius 1 is 1.22 bits per heavy atom.